The van der Waals surface area contributed by atoms with Crippen LogP contribution in [0.25, 0.3) is 70.4 Å². The average Bonchev–Trinajstić information content (AvgIpc) is 3.71. The highest BCUT2D eigenvalue weighted by atomic mass is 32.1. The molecule has 7 heteroatoms. The maximum absolute atomic E-state index is 5.36. The standard InChI is InChI=1S/C31H19N5S2/c1-5-13-22-18(9-1)28-24(35(22)30-32-20-11-3-7-15-26(20)37-30)17-25-29(34-28)19-10-2-6-14-23(19)36(25)31-33-21-12-4-8-16-27(21)38-31/h1-7,9-15,17H,8,16H2. The summed E-state index contributed by atoms with van der Waals surface area (Å²) in [6.45, 7) is 0. The number of nitrogens with zero attached hydrogens (tertiary/aromatic N) is 5. The number of aryl methyl sites for hydroxylation is 1. The molecule has 180 valence electrons. The number of benzene rings is 3. The number of thiazole rings is 2. The first kappa shape index (κ1) is 20.7. The van der Waals surface area contributed by atoms with Crippen LogP contribution in [0, 0.1) is 0 Å². The predicted molar refractivity (Wildman–Crippen MR) is 159 cm³/mol. The molecule has 5 aromatic heterocycles. The van der Waals surface area contributed by atoms with Gasteiger partial charge < -0.3 is 0 Å². The van der Waals surface area contributed by atoms with E-state index in [4.69, 9.17) is 15.0 Å². The molecule has 3 aromatic carbocycles. The summed E-state index contributed by atoms with van der Waals surface area (Å²) in [6.07, 6.45) is 6.51. The molecule has 0 atom stereocenters. The van der Waals surface area contributed by atoms with Crippen molar-refractivity contribution in [3.63, 3.8) is 0 Å². The van der Waals surface area contributed by atoms with Crippen molar-refractivity contribution in [3.05, 3.63) is 95.5 Å². The van der Waals surface area contributed by atoms with Gasteiger partial charge in [-0.3, -0.25) is 9.13 Å². The summed E-state index contributed by atoms with van der Waals surface area (Å²) in [5.74, 6) is 0. The molecule has 0 amide bonds. The molecule has 0 fully saturated rings. The van der Waals surface area contributed by atoms with Crippen LogP contribution in [-0.4, -0.2) is 24.1 Å². The van der Waals surface area contributed by atoms with Crippen LogP contribution in [0.5, 0.6) is 0 Å². The van der Waals surface area contributed by atoms with Gasteiger partial charge in [0.2, 0.25) is 0 Å². The molecule has 0 unspecified atom stereocenters. The topological polar surface area (TPSA) is 48.5 Å². The highest BCUT2D eigenvalue weighted by molar-refractivity contribution is 7.20. The van der Waals surface area contributed by atoms with Crippen molar-refractivity contribution >= 4 is 82.8 Å². The molecule has 0 spiro atoms. The number of hydrogen-bond acceptors (Lipinski definition) is 5. The van der Waals surface area contributed by atoms with Gasteiger partial charge in [0.15, 0.2) is 10.3 Å². The van der Waals surface area contributed by atoms with Crippen LogP contribution in [0.1, 0.15) is 17.0 Å². The van der Waals surface area contributed by atoms with E-state index in [-0.39, 0.29) is 0 Å². The van der Waals surface area contributed by atoms with Gasteiger partial charge in [-0.15, -0.1) is 11.3 Å². The SMILES string of the molecule is C1=Cc2nc(-n3c4ccccc4c4nc5c6ccccc6n(-c6nc7ccccc7s6)c5cc43)sc2CC1. The summed E-state index contributed by atoms with van der Waals surface area (Å²) < 4.78 is 5.76. The summed E-state index contributed by atoms with van der Waals surface area (Å²) in [4.78, 5) is 16.8. The first-order chi connectivity index (χ1) is 18.8. The Balaban J connectivity index is 1.43. The van der Waals surface area contributed by atoms with Crippen LogP contribution in [0.3, 0.4) is 0 Å². The van der Waals surface area contributed by atoms with E-state index < -0.39 is 0 Å². The van der Waals surface area contributed by atoms with Crippen molar-refractivity contribution in [1.82, 2.24) is 24.1 Å². The minimum Gasteiger partial charge on any atom is -0.283 e. The van der Waals surface area contributed by atoms with E-state index in [9.17, 15) is 0 Å². The van der Waals surface area contributed by atoms with Crippen molar-refractivity contribution in [2.75, 3.05) is 0 Å². The van der Waals surface area contributed by atoms with E-state index >= 15 is 0 Å². The summed E-state index contributed by atoms with van der Waals surface area (Å²) in [7, 11) is 0. The highest BCUT2D eigenvalue weighted by Crippen LogP contribution is 2.40. The quantitative estimate of drug-likeness (QED) is 0.228. The summed E-state index contributed by atoms with van der Waals surface area (Å²) in [5.41, 5.74) is 8.49. The first-order valence-electron chi connectivity index (χ1n) is 12.7. The molecule has 38 heavy (non-hydrogen) atoms. The Bertz CT molecular complexity index is 2230. The molecule has 0 radical (unpaired) electrons. The second kappa shape index (κ2) is 7.60. The molecular formula is C31H19N5S2. The molecule has 0 N–H and O–H groups in total. The molecular weight excluding hydrogens is 507 g/mol. The zero-order chi connectivity index (χ0) is 24.8. The molecule has 8 aromatic rings. The van der Waals surface area contributed by atoms with Crippen molar-refractivity contribution in [3.8, 4) is 10.3 Å². The Kier molecular flexibility index (Phi) is 4.14. The fourth-order valence-electron chi connectivity index (χ4n) is 5.76. The van der Waals surface area contributed by atoms with E-state index in [0.717, 1.165) is 78.2 Å². The van der Waals surface area contributed by atoms with Crippen LogP contribution < -0.4 is 0 Å². The molecule has 9 rings (SSSR count). The third kappa shape index (κ3) is 2.77. The number of allylic oxidation sites excluding steroid dienone is 1. The monoisotopic (exact) mass is 525 g/mol. The lowest BCUT2D eigenvalue weighted by atomic mass is 10.1. The van der Waals surface area contributed by atoms with E-state index in [1.54, 1.807) is 22.7 Å². The maximum Gasteiger partial charge on any atom is 0.195 e. The lowest BCUT2D eigenvalue weighted by Crippen LogP contribution is -1.96. The molecule has 1 aliphatic carbocycles. The number of aromatic nitrogens is 5. The highest BCUT2D eigenvalue weighted by Gasteiger charge is 2.22. The van der Waals surface area contributed by atoms with E-state index in [2.05, 4.69) is 94.1 Å². The van der Waals surface area contributed by atoms with Crippen molar-refractivity contribution in [2.45, 2.75) is 12.8 Å². The number of para-hydroxylation sites is 3. The van der Waals surface area contributed by atoms with Gasteiger partial charge in [-0.1, -0.05) is 65.9 Å². The molecule has 0 saturated carbocycles. The number of rotatable bonds is 2. The van der Waals surface area contributed by atoms with Gasteiger partial charge in [-0.25, -0.2) is 15.0 Å². The Hall–Kier alpha value is -4.33. The number of pyridine rings is 1. The van der Waals surface area contributed by atoms with Crippen molar-refractivity contribution < 1.29 is 0 Å². The second-order valence-electron chi connectivity index (χ2n) is 9.64. The molecule has 0 aliphatic heterocycles. The average molecular weight is 526 g/mol. The van der Waals surface area contributed by atoms with Gasteiger partial charge in [0.1, 0.15) is 0 Å². The fraction of sp³-hybridized carbons (Fsp3) is 0.0645. The van der Waals surface area contributed by atoms with Crippen LogP contribution in [0.4, 0.5) is 0 Å². The smallest absolute Gasteiger partial charge is 0.195 e. The Morgan fingerprint density at radius 1 is 0.632 bits per heavy atom. The van der Waals surface area contributed by atoms with E-state index in [1.807, 2.05) is 6.07 Å². The number of hydrogen-bond donors (Lipinski definition) is 0. The third-order valence-electron chi connectivity index (χ3n) is 7.46. The largest absolute Gasteiger partial charge is 0.283 e. The van der Waals surface area contributed by atoms with Crippen molar-refractivity contribution in [2.24, 2.45) is 0 Å². The normalized spacial score (nSPS) is 13.5. The number of fused-ring (bicyclic) bond motifs is 8. The minimum atomic E-state index is 0.955. The molecule has 5 nitrogen and oxygen atoms in total. The molecule has 5 heterocycles. The lowest BCUT2D eigenvalue weighted by Gasteiger charge is -2.05. The van der Waals surface area contributed by atoms with E-state index in [1.165, 1.54) is 9.58 Å². The second-order valence-corrected chi connectivity index (χ2v) is 11.7. The lowest BCUT2D eigenvalue weighted by molar-refractivity contribution is 0.997. The van der Waals surface area contributed by atoms with Crippen LogP contribution in [0.2, 0.25) is 0 Å². The zero-order valence-corrected chi connectivity index (χ0v) is 21.8. The third-order valence-corrected chi connectivity index (χ3v) is 9.60. The summed E-state index contributed by atoms with van der Waals surface area (Å²) in [6, 6.07) is 27.7. The van der Waals surface area contributed by atoms with Gasteiger partial charge >= 0.3 is 0 Å². The van der Waals surface area contributed by atoms with Crippen LogP contribution in [-0.2, 0) is 6.42 Å². The van der Waals surface area contributed by atoms with E-state index in [0.29, 0.717) is 0 Å². The fourth-order valence-corrected chi connectivity index (χ4v) is 7.84. The maximum atomic E-state index is 5.36. The summed E-state index contributed by atoms with van der Waals surface area (Å²) >= 11 is 3.51. The van der Waals surface area contributed by atoms with Crippen LogP contribution in [0.15, 0.2) is 84.9 Å². The van der Waals surface area contributed by atoms with Gasteiger partial charge in [0.05, 0.1) is 49.0 Å². The Labute approximate surface area is 224 Å². The van der Waals surface area contributed by atoms with Crippen molar-refractivity contribution in [1.29, 1.82) is 0 Å². The van der Waals surface area contributed by atoms with Gasteiger partial charge in [-0.05, 0) is 49.2 Å². The van der Waals surface area contributed by atoms with Crippen LogP contribution >= 0.6 is 22.7 Å². The Morgan fingerprint density at radius 2 is 1.29 bits per heavy atom. The minimum absolute atomic E-state index is 0.955. The predicted octanol–water partition coefficient (Wildman–Crippen LogP) is 8.30. The molecule has 1 aliphatic rings. The van der Waals surface area contributed by atoms with Gasteiger partial charge in [0.25, 0.3) is 0 Å². The van der Waals surface area contributed by atoms with Gasteiger partial charge in [0, 0.05) is 15.6 Å². The molecule has 0 saturated heterocycles. The first-order valence-corrected chi connectivity index (χ1v) is 14.3. The zero-order valence-electron chi connectivity index (χ0n) is 20.1. The summed E-state index contributed by atoms with van der Waals surface area (Å²) in [5, 5.41) is 4.23. The van der Waals surface area contributed by atoms with Gasteiger partial charge in [-0.2, -0.15) is 0 Å². The molecule has 0 bridgehead atoms. The Morgan fingerprint density at radius 3 is 2.00 bits per heavy atom.